The van der Waals surface area contributed by atoms with E-state index in [0.29, 0.717) is 13.0 Å². The molecule has 0 fully saturated rings. The van der Waals surface area contributed by atoms with Crippen LogP contribution in [0.25, 0.3) is 0 Å². The van der Waals surface area contributed by atoms with Crippen molar-refractivity contribution < 1.29 is 14.6 Å². The van der Waals surface area contributed by atoms with E-state index in [4.69, 9.17) is 9.47 Å². The molecule has 0 aliphatic carbocycles. The van der Waals surface area contributed by atoms with Gasteiger partial charge in [-0.3, -0.25) is 0 Å². The van der Waals surface area contributed by atoms with Gasteiger partial charge >= 0.3 is 0 Å². The Kier molecular flexibility index (Phi) is 5.99. The van der Waals surface area contributed by atoms with Crippen molar-refractivity contribution in [2.75, 3.05) is 13.2 Å². The minimum Gasteiger partial charge on any atom is -0.493 e. The van der Waals surface area contributed by atoms with Crippen LogP contribution in [0.5, 0.6) is 11.5 Å². The molecule has 3 heteroatoms. The summed E-state index contributed by atoms with van der Waals surface area (Å²) in [6.45, 7) is 6.94. The minimum absolute atomic E-state index is 0.502. The summed E-state index contributed by atoms with van der Waals surface area (Å²) in [5, 5.41) is 9.59. The van der Waals surface area contributed by atoms with Crippen LogP contribution in [0.3, 0.4) is 0 Å². The topological polar surface area (TPSA) is 38.7 Å². The van der Waals surface area contributed by atoms with E-state index in [9.17, 15) is 5.11 Å². The number of hydrogen-bond donors (Lipinski definition) is 1. The molecule has 0 saturated carbocycles. The van der Waals surface area contributed by atoms with Crippen molar-refractivity contribution in [3.05, 3.63) is 24.3 Å². The second-order valence-electron chi connectivity index (χ2n) is 5.09. The van der Waals surface area contributed by atoms with Crippen LogP contribution in [0.1, 0.15) is 40.0 Å². The Morgan fingerprint density at radius 1 is 1.11 bits per heavy atom. The second-order valence-corrected chi connectivity index (χ2v) is 5.09. The molecule has 0 amide bonds. The Hall–Kier alpha value is -1.22. The van der Waals surface area contributed by atoms with E-state index >= 15 is 0 Å². The molecule has 0 atom stereocenters. The summed E-state index contributed by atoms with van der Waals surface area (Å²) in [7, 11) is 0. The molecule has 102 valence electrons. The molecule has 1 aromatic carbocycles. The van der Waals surface area contributed by atoms with E-state index in [2.05, 4.69) is 6.92 Å². The minimum atomic E-state index is -0.685. The molecule has 0 heterocycles. The fourth-order valence-electron chi connectivity index (χ4n) is 1.41. The highest BCUT2D eigenvalue weighted by atomic mass is 16.5. The molecular weight excluding hydrogens is 228 g/mol. The number of aliphatic hydroxyl groups is 1. The van der Waals surface area contributed by atoms with E-state index in [1.54, 1.807) is 13.8 Å². The van der Waals surface area contributed by atoms with Crippen LogP contribution in [0, 0.1) is 0 Å². The van der Waals surface area contributed by atoms with Crippen LogP contribution in [0.15, 0.2) is 24.3 Å². The number of hydrogen-bond acceptors (Lipinski definition) is 3. The van der Waals surface area contributed by atoms with Gasteiger partial charge in [0.15, 0.2) is 0 Å². The van der Waals surface area contributed by atoms with Gasteiger partial charge < -0.3 is 14.6 Å². The monoisotopic (exact) mass is 252 g/mol. The highest BCUT2D eigenvalue weighted by molar-refractivity contribution is 5.32. The average molecular weight is 252 g/mol. The van der Waals surface area contributed by atoms with Gasteiger partial charge in [-0.05, 0) is 32.4 Å². The molecule has 0 aromatic heterocycles. The van der Waals surface area contributed by atoms with Gasteiger partial charge in [-0.2, -0.15) is 0 Å². The van der Waals surface area contributed by atoms with Crippen molar-refractivity contribution >= 4 is 0 Å². The van der Waals surface area contributed by atoms with Crippen molar-refractivity contribution in [1.29, 1.82) is 0 Å². The summed E-state index contributed by atoms with van der Waals surface area (Å²) in [5.74, 6) is 1.62. The third-order valence-corrected chi connectivity index (χ3v) is 2.55. The molecule has 0 radical (unpaired) electrons. The van der Waals surface area contributed by atoms with E-state index in [0.717, 1.165) is 30.9 Å². The van der Waals surface area contributed by atoms with Crippen molar-refractivity contribution in [3.63, 3.8) is 0 Å². The van der Waals surface area contributed by atoms with Gasteiger partial charge in [-0.25, -0.2) is 0 Å². The van der Waals surface area contributed by atoms with Crippen LogP contribution >= 0.6 is 0 Å². The third-order valence-electron chi connectivity index (χ3n) is 2.55. The number of rotatable bonds is 8. The highest BCUT2D eigenvalue weighted by Crippen LogP contribution is 2.20. The summed E-state index contributed by atoms with van der Waals surface area (Å²) in [4.78, 5) is 0. The van der Waals surface area contributed by atoms with Crippen molar-refractivity contribution in [2.45, 2.75) is 45.6 Å². The largest absolute Gasteiger partial charge is 0.493 e. The molecule has 18 heavy (non-hydrogen) atoms. The maximum Gasteiger partial charge on any atom is 0.122 e. The lowest BCUT2D eigenvalue weighted by Gasteiger charge is -2.17. The van der Waals surface area contributed by atoms with Crippen LogP contribution in [0.4, 0.5) is 0 Å². The molecule has 0 aliphatic rings. The van der Waals surface area contributed by atoms with Gasteiger partial charge in [0.05, 0.1) is 18.8 Å². The van der Waals surface area contributed by atoms with E-state index in [1.807, 2.05) is 24.3 Å². The Morgan fingerprint density at radius 2 is 1.72 bits per heavy atom. The molecule has 0 unspecified atom stereocenters. The second kappa shape index (κ2) is 7.27. The smallest absolute Gasteiger partial charge is 0.122 e. The normalized spacial score (nSPS) is 11.3. The van der Waals surface area contributed by atoms with Crippen LogP contribution < -0.4 is 9.47 Å². The average Bonchev–Trinajstić information content (AvgIpc) is 2.28. The van der Waals surface area contributed by atoms with Crippen LogP contribution in [0.2, 0.25) is 0 Å². The zero-order chi connectivity index (χ0) is 13.4. The SMILES string of the molecule is CCCCOc1cccc(OCCC(C)(C)O)c1. The van der Waals surface area contributed by atoms with Gasteiger partial charge in [0, 0.05) is 12.5 Å². The molecule has 1 N–H and O–H groups in total. The molecule has 1 aromatic rings. The lowest BCUT2D eigenvalue weighted by atomic mass is 10.1. The summed E-state index contributed by atoms with van der Waals surface area (Å²) < 4.78 is 11.2. The predicted molar refractivity (Wildman–Crippen MR) is 73.3 cm³/mol. The Balaban J connectivity index is 2.39. The molecule has 1 rings (SSSR count). The standard InChI is InChI=1S/C15H24O3/c1-4-5-10-17-13-7-6-8-14(12-13)18-11-9-15(2,3)16/h6-8,12,16H,4-5,9-11H2,1-3H3. The van der Waals surface area contributed by atoms with Gasteiger partial charge in [-0.15, -0.1) is 0 Å². The van der Waals surface area contributed by atoms with Gasteiger partial charge in [-0.1, -0.05) is 19.4 Å². The summed E-state index contributed by atoms with van der Waals surface area (Å²) in [6.07, 6.45) is 2.79. The maximum absolute atomic E-state index is 9.59. The summed E-state index contributed by atoms with van der Waals surface area (Å²) in [5.41, 5.74) is -0.685. The van der Waals surface area contributed by atoms with Crippen molar-refractivity contribution in [3.8, 4) is 11.5 Å². The fraction of sp³-hybridized carbons (Fsp3) is 0.600. The zero-order valence-corrected chi connectivity index (χ0v) is 11.6. The predicted octanol–water partition coefficient (Wildman–Crippen LogP) is 3.41. The Morgan fingerprint density at radius 3 is 2.28 bits per heavy atom. The third kappa shape index (κ3) is 6.50. The van der Waals surface area contributed by atoms with Crippen LogP contribution in [-0.4, -0.2) is 23.9 Å². The van der Waals surface area contributed by atoms with Gasteiger partial charge in [0.25, 0.3) is 0 Å². The number of unbranched alkanes of at least 4 members (excludes halogenated alkanes) is 1. The maximum atomic E-state index is 9.59. The van der Waals surface area contributed by atoms with Gasteiger partial charge in [0.2, 0.25) is 0 Å². The first-order chi connectivity index (χ1) is 8.51. The van der Waals surface area contributed by atoms with Crippen molar-refractivity contribution in [2.24, 2.45) is 0 Å². The number of benzene rings is 1. The van der Waals surface area contributed by atoms with E-state index in [-0.39, 0.29) is 0 Å². The summed E-state index contributed by atoms with van der Waals surface area (Å²) in [6, 6.07) is 7.64. The van der Waals surface area contributed by atoms with Crippen LogP contribution in [-0.2, 0) is 0 Å². The molecule has 0 bridgehead atoms. The molecule has 3 nitrogen and oxygen atoms in total. The molecule has 0 aliphatic heterocycles. The van der Waals surface area contributed by atoms with Gasteiger partial charge in [0.1, 0.15) is 11.5 Å². The Bertz CT molecular complexity index is 342. The molecular formula is C15H24O3. The van der Waals surface area contributed by atoms with Crippen molar-refractivity contribution in [1.82, 2.24) is 0 Å². The lowest BCUT2D eigenvalue weighted by Crippen LogP contribution is -2.21. The lowest BCUT2D eigenvalue weighted by molar-refractivity contribution is 0.0553. The summed E-state index contributed by atoms with van der Waals surface area (Å²) >= 11 is 0. The fourth-order valence-corrected chi connectivity index (χ4v) is 1.41. The zero-order valence-electron chi connectivity index (χ0n) is 11.6. The van der Waals surface area contributed by atoms with E-state index < -0.39 is 5.60 Å². The first-order valence-corrected chi connectivity index (χ1v) is 6.59. The molecule has 0 saturated heterocycles. The quantitative estimate of drug-likeness (QED) is 0.721. The number of ether oxygens (including phenoxy) is 2. The first-order valence-electron chi connectivity index (χ1n) is 6.59. The molecule has 0 spiro atoms. The highest BCUT2D eigenvalue weighted by Gasteiger charge is 2.12. The first kappa shape index (κ1) is 14.8. The Labute approximate surface area is 110 Å². The van der Waals surface area contributed by atoms with E-state index in [1.165, 1.54) is 0 Å².